The maximum atomic E-state index is 11.5. The van der Waals surface area contributed by atoms with E-state index in [1.807, 2.05) is 0 Å². The Kier molecular flexibility index (Phi) is 5.25. The lowest BCUT2D eigenvalue weighted by molar-refractivity contribution is -0.142. The van der Waals surface area contributed by atoms with E-state index in [2.05, 4.69) is 24.1 Å². The first kappa shape index (κ1) is 14.6. The Morgan fingerprint density at radius 3 is 2.83 bits per heavy atom. The molecule has 1 atom stereocenters. The molecule has 0 aliphatic rings. The molecule has 0 saturated carbocycles. The lowest BCUT2D eigenvalue weighted by Crippen LogP contribution is -2.47. The first-order chi connectivity index (χ1) is 8.48. The molecule has 18 heavy (non-hydrogen) atoms. The molecule has 0 saturated heterocycles. The number of methoxy groups -OCH3 is 1. The number of hydrogen-bond donors (Lipinski definition) is 3. The summed E-state index contributed by atoms with van der Waals surface area (Å²) in [6.07, 6.45) is 3.09. The van der Waals surface area contributed by atoms with Crippen molar-refractivity contribution in [2.75, 3.05) is 13.7 Å². The summed E-state index contributed by atoms with van der Waals surface area (Å²) in [6, 6.07) is -1.00. The van der Waals surface area contributed by atoms with Crippen LogP contribution in [0.4, 0.5) is 0 Å². The highest BCUT2D eigenvalue weighted by atomic mass is 32.2. The average Bonchev–Trinajstić information content (AvgIpc) is 2.79. The zero-order valence-electron chi connectivity index (χ0n) is 10.1. The van der Waals surface area contributed by atoms with Crippen molar-refractivity contribution in [3.05, 3.63) is 18.2 Å². The monoisotopic (exact) mass is 276 g/mol. The molecule has 1 rings (SSSR count). The van der Waals surface area contributed by atoms with Gasteiger partial charge in [-0.1, -0.05) is 6.92 Å². The minimum absolute atomic E-state index is 0.136. The normalized spacial score (nSPS) is 13.2. The van der Waals surface area contributed by atoms with E-state index in [1.165, 1.54) is 19.6 Å². The molecule has 0 amide bonds. The Balaban J connectivity index is 2.76. The molecule has 102 valence electrons. The van der Waals surface area contributed by atoms with Gasteiger partial charge in [-0.15, -0.1) is 0 Å². The van der Waals surface area contributed by atoms with Crippen LogP contribution in [0.5, 0.6) is 0 Å². The number of aromatic nitrogens is 2. The van der Waals surface area contributed by atoms with Gasteiger partial charge in [-0.05, 0) is 0 Å². The van der Waals surface area contributed by atoms with Crippen molar-refractivity contribution in [2.45, 2.75) is 19.4 Å². The van der Waals surface area contributed by atoms with Crippen molar-refractivity contribution in [1.82, 2.24) is 19.4 Å². The predicted octanol–water partition coefficient (Wildman–Crippen LogP) is -1.06. The van der Waals surface area contributed by atoms with Gasteiger partial charge in [-0.25, -0.2) is 9.71 Å². The van der Waals surface area contributed by atoms with Crippen LogP contribution < -0.4 is 9.44 Å². The summed E-state index contributed by atoms with van der Waals surface area (Å²) in [5.41, 5.74) is 0.629. The van der Waals surface area contributed by atoms with Gasteiger partial charge in [0, 0.05) is 24.9 Å². The quantitative estimate of drug-likeness (QED) is 0.549. The molecule has 0 radical (unpaired) electrons. The third-order valence-electron chi connectivity index (χ3n) is 2.10. The molecule has 0 aliphatic heterocycles. The summed E-state index contributed by atoms with van der Waals surface area (Å²) in [7, 11) is -2.53. The van der Waals surface area contributed by atoms with E-state index in [0.717, 1.165) is 0 Å². The molecule has 0 aliphatic carbocycles. The smallest absolute Gasteiger partial charge is 0.324 e. The van der Waals surface area contributed by atoms with Crippen molar-refractivity contribution in [1.29, 1.82) is 0 Å². The van der Waals surface area contributed by atoms with Gasteiger partial charge in [0.1, 0.15) is 6.04 Å². The minimum Gasteiger partial charge on any atom is -0.468 e. The summed E-state index contributed by atoms with van der Waals surface area (Å²) in [4.78, 5) is 18.1. The van der Waals surface area contributed by atoms with E-state index in [4.69, 9.17) is 0 Å². The van der Waals surface area contributed by atoms with Crippen LogP contribution in [0, 0.1) is 0 Å². The van der Waals surface area contributed by atoms with Gasteiger partial charge < -0.3 is 9.72 Å². The fraction of sp³-hybridized carbons (Fsp3) is 0.556. The molecule has 3 N–H and O–H groups in total. The van der Waals surface area contributed by atoms with E-state index < -0.39 is 22.2 Å². The Morgan fingerprint density at radius 2 is 2.33 bits per heavy atom. The van der Waals surface area contributed by atoms with E-state index in [-0.39, 0.29) is 13.0 Å². The van der Waals surface area contributed by atoms with Crippen molar-refractivity contribution >= 4 is 16.2 Å². The second kappa shape index (κ2) is 6.47. The molecule has 0 spiro atoms. The fourth-order valence-corrected chi connectivity index (χ4v) is 2.37. The van der Waals surface area contributed by atoms with Crippen LogP contribution in [-0.4, -0.2) is 44.1 Å². The van der Waals surface area contributed by atoms with E-state index in [1.54, 1.807) is 6.92 Å². The largest absolute Gasteiger partial charge is 0.468 e. The van der Waals surface area contributed by atoms with Crippen LogP contribution in [-0.2, 0) is 26.2 Å². The Labute approximate surface area is 105 Å². The van der Waals surface area contributed by atoms with Crippen LogP contribution >= 0.6 is 0 Å². The van der Waals surface area contributed by atoms with Crippen molar-refractivity contribution < 1.29 is 17.9 Å². The Bertz CT molecular complexity index is 471. The van der Waals surface area contributed by atoms with E-state index in [0.29, 0.717) is 5.69 Å². The topological polar surface area (TPSA) is 113 Å². The molecule has 0 fully saturated rings. The number of esters is 1. The average molecular weight is 276 g/mol. The van der Waals surface area contributed by atoms with Crippen LogP contribution in [0.1, 0.15) is 12.6 Å². The lowest BCUT2D eigenvalue weighted by Gasteiger charge is -2.15. The number of carbonyl (C=O) groups is 1. The van der Waals surface area contributed by atoms with Gasteiger partial charge in [-0.2, -0.15) is 13.1 Å². The highest BCUT2D eigenvalue weighted by Gasteiger charge is 2.25. The van der Waals surface area contributed by atoms with E-state index in [9.17, 15) is 13.2 Å². The van der Waals surface area contributed by atoms with Gasteiger partial charge in [-0.3, -0.25) is 4.79 Å². The molecular formula is C9H16N4O4S. The first-order valence-corrected chi connectivity index (χ1v) is 6.78. The minimum atomic E-state index is -3.72. The van der Waals surface area contributed by atoms with Gasteiger partial charge in [0.25, 0.3) is 10.2 Å². The summed E-state index contributed by atoms with van der Waals surface area (Å²) in [5, 5.41) is 0. The third-order valence-corrected chi connectivity index (χ3v) is 3.36. The van der Waals surface area contributed by atoms with Crippen LogP contribution in [0.15, 0.2) is 12.5 Å². The number of imidazole rings is 1. The number of ether oxygens (including phenoxy) is 1. The standard InChI is InChI=1S/C9H16N4O4S/c1-3-12-18(15,16)13-8(9(14)17-2)4-7-5-10-6-11-7/h5-6,8,12-13H,3-4H2,1-2H3,(H,10,11)/t8-/m0/s1. The zero-order valence-corrected chi connectivity index (χ0v) is 11.0. The molecule has 1 heterocycles. The van der Waals surface area contributed by atoms with Crippen molar-refractivity contribution in [3.63, 3.8) is 0 Å². The summed E-state index contributed by atoms with van der Waals surface area (Å²) >= 11 is 0. The molecule has 0 aromatic carbocycles. The molecule has 1 aromatic heterocycles. The number of nitrogens with one attached hydrogen (secondary N) is 3. The molecule has 8 nitrogen and oxygen atoms in total. The number of aromatic amines is 1. The molecule has 0 unspecified atom stereocenters. The van der Waals surface area contributed by atoms with Crippen LogP contribution in [0.3, 0.4) is 0 Å². The number of hydrogen-bond acceptors (Lipinski definition) is 5. The van der Waals surface area contributed by atoms with Gasteiger partial charge in [0.15, 0.2) is 0 Å². The molecule has 9 heteroatoms. The molecule has 1 aromatic rings. The van der Waals surface area contributed by atoms with Crippen LogP contribution in [0.25, 0.3) is 0 Å². The highest BCUT2D eigenvalue weighted by Crippen LogP contribution is 2.01. The van der Waals surface area contributed by atoms with Crippen molar-refractivity contribution in [3.8, 4) is 0 Å². The second-order valence-electron chi connectivity index (χ2n) is 3.48. The molecular weight excluding hydrogens is 260 g/mol. The predicted molar refractivity (Wildman–Crippen MR) is 63.8 cm³/mol. The first-order valence-electron chi connectivity index (χ1n) is 5.30. The van der Waals surface area contributed by atoms with Crippen LogP contribution in [0.2, 0.25) is 0 Å². The van der Waals surface area contributed by atoms with Gasteiger partial charge in [0.05, 0.1) is 13.4 Å². The van der Waals surface area contributed by atoms with Gasteiger partial charge >= 0.3 is 5.97 Å². The maximum absolute atomic E-state index is 11.5. The summed E-state index contributed by atoms with van der Waals surface area (Å²) < 4.78 is 32.1. The number of nitrogens with zero attached hydrogens (tertiary/aromatic N) is 1. The number of H-pyrrole nitrogens is 1. The molecule has 0 bridgehead atoms. The zero-order chi connectivity index (χ0) is 13.6. The van der Waals surface area contributed by atoms with E-state index >= 15 is 0 Å². The fourth-order valence-electron chi connectivity index (χ4n) is 1.35. The third kappa shape index (κ3) is 4.43. The van der Waals surface area contributed by atoms with Gasteiger partial charge in [0.2, 0.25) is 0 Å². The Hall–Kier alpha value is -1.45. The number of carbonyl (C=O) groups excluding carboxylic acids is 1. The lowest BCUT2D eigenvalue weighted by atomic mass is 10.2. The highest BCUT2D eigenvalue weighted by molar-refractivity contribution is 7.87. The SMILES string of the molecule is CCNS(=O)(=O)N[C@@H](Cc1cnc[nH]1)C(=O)OC. The summed E-state index contributed by atoms with van der Waals surface area (Å²) in [6.45, 7) is 1.87. The van der Waals surface area contributed by atoms with Crippen molar-refractivity contribution in [2.24, 2.45) is 0 Å². The Morgan fingerprint density at radius 1 is 1.61 bits per heavy atom. The number of rotatable bonds is 7. The maximum Gasteiger partial charge on any atom is 0.324 e. The second-order valence-corrected chi connectivity index (χ2v) is 5.01. The summed E-state index contributed by atoms with van der Waals surface area (Å²) in [5.74, 6) is -0.661.